The molecule has 1 atom stereocenters. The molecule has 0 aromatic heterocycles. The Morgan fingerprint density at radius 1 is 1.11 bits per heavy atom. The number of alkyl halides is 1. The molecule has 0 saturated heterocycles. The van der Waals surface area contributed by atoms with E-state index in [1.54, 1.807) is 13.0 Å². The lowest BCUT2D eigenvalue weighted by atomic mass is 10.0. The van der Waals surface area contributed by atoms with E-state index in [4.69, 9.17) is 23.2 Å². The second kappa shape index (κ2) is 5.78. The highest BCUT2D eigenvalue weighted by Gasteiger charge is 2.18. The normalized spacial score (nSPS) is 12.5. The summed E-state index contributed by atoms with van der Waals surface area (Å²) in [5.74, 6) is -0.778. The van der Waals surface area contributed by atoms with Crippen LogP contribution in [0.1, 0.15) is 22.1 Å². The number of aryl methyl sites for hydroxylation is 1. The van der Waals surface area contributed by atoms with Crippen molar-refractivity contribution in [1.82, 2.24) is 0 Å². The largest absolute Gasteiger partial charge is 0.207 e. The number of rotatable bonds is 2. The third-order valence-corrected chi connectivity index (χ3v) is 4.47. The van der Waals surface area contributed by atoms with Crippen molar-refractivity contribution < 1.29 is 8.78 Å². The fourth-order valence-corrected chi connectivity index (χ4v) is 2.53. The first-order chi connectivity index (χ1) is 8.90. The Hall–Kier alpha value is -0.640. The zero-order valence-corrected chi connectivity index (χ0v) is 13.0. The summed E-state index contributed by atoms with van der Waals surface area (Å²) in [5, 5.41) is -0.342. The molecule has 0 radical (unpaired) electrons. The Morgan fingerprint density at radius 3 is 2.42 bits per heavy atom. The highest BCUT2D eigenvalue weighted by atomic mass is 79.9. The molecule has 5 heteroatoms. The summed E-state index contributed by atoms with van der Waals surface area (Å²) >= 11 is 15.3. The predicted octanol–water partition coefficient (Wildman–Crippen LogP) is 6.02. The first-order valence-electron chi connectivity index (χ1n) is 5.44. The Bertz CT molecular complexity index is 629. The van der Waals surface area contributed by atoms with Crippen molar-refractivity contribution in [2.24, 2.45) is 0 Å². The van der Waals surface area contributed by atoms with E-state index in [2.05, 4.69) is 15.9 Å². The topological polar surface area (TPSA) is 0 Å². The molecule has 0 nitrogen and oxygen atoms in total. The number of benzene rings is 2. The van der Waals surface area contributed by atoms with Gasteiger partial charge in [0.25, 0.3) is 0 Å². The Kier molecular flexibility index (Phi) is 4.49. The maximum Gasteiger partial charge on any atom is 0.129 e. The number of hydrogen-bond donors (Lipinski definition) is 0. The van der Waals surface area contributed by atoms with Gasteiger partial charge in [0.15, 0.2) is 0 Å². The molecule has 0 aliphatic rings. The molecule has 2 aromatic rings. The average Bonchev–Trinajstić information content (AvgIpc) is 2.36. The third kappa shape index (κ3) is 3.10. The molecule has 0 saturated carbocycles. The van der Waals surface area contributed by atoms with Crippen molar-refractivity contribution in [2.75, 3.05) is 0 Å². The van der Waals surface area contributed by atoms with Crippen LogP contribution in [0, 0.1) is 18.6 Å². The van der Waals surface area contributed by atoms with Crippen LogP contribution in [0.4, 0.5) is 8.78 Å². The summed E-state index contributed by atoms with van der Waals surface area (Å²) in [7, 11) is 0. The van der Waals surface area contributed by atoms with E-state index in [0.29, 0.717) is 20.6 Å². The van der Waals surface area contributed by atoms with Crippen molar-refractivity contribution >= 4 is 39.1 Å². The van der Waals surface area contributed by atoms with Gasteiger partial charge in [0, 0.05) is 10.0 Å². The summed E-state index contributed by atoms with van der Waals surface area (Å²) in [6, 6.07) is 7.19. The standard InChI is InChI=1S/C14H9BrCl2F2/c1-7-4-8(2-3-12(7)18)14(17)9-5-11(16)10(15)6-13(9)19/h2-6,14H,1H3. The van der Waals surface area contributed by atoms with E-state index in [1.165, 1.54) is 24.3 Å². The number of hydrogen-bond acceptors (Lipinski definition) is 0. The van der Waals surface area contributed by atoms with Gasteiger partial charge in [-0.15, -0.1) is 11.6 Å². The number of halogens is 5. The Morgan fingerprint density at radius 2 is 1.79 bits per heavy atom. The molecule has 2 rings (SSSR count). The van der Waals surface area contributed by atoms with E-state index in [1.807, 2.05) is 0 Å². The zero-order valence-electron chi connectivity index (χ0n) is 9.85. The third-order valence-electron chi connectivity index (χ3n) is 2.79. The summed E-state index contributed by atoms with van der Waals surface area (Å²) in [6.45, 7) is 1.63. The van der Waals surface area contributed by atoms with Crippen LogP contribution in [0.3, 0.4) is 0 Å². The second-order valence-electron chi connectivity index (χ2n) is 4.16. The maximum atomic E-state index is 13.9. The van der Waals surface area contributed by atoms with Crippen LogP contribution in [0.5, 0.6) is 0 Å². The minimum atomic E-state index is -0.718. The minimum Gasteiger partial charge on any atom is -0.207 e. The van der Waals surface area contributed by atoms with Crippen molar-refractivity contribution in [1.29, 1.82) is 0 Å². The summed E-state index contributed by atoms with van der Waals surface area (Å²) < 4.78 is 27.6. The van der Waals surface area contributed by atoms with Crippen molar-refractivity contribution in [3.63, 3.8) is 0 Å². The molecule has 100 valence electrons. The minimum absolute atomic E-state index is 0.265. The maximum absolute atomic E-state index is 13.9. The van der Waals surface area contributed by atoms with Crippen LogP contribution < -0.4 is 0 Å². The predicted molar refractivity (Wildman–Crippen MR) is 77.9 cm³/mol. The van der Waals surface area contributed by atoms with E-state index in [9.17, 15) is 8.78 Å². The molecular formula is C14H9BrCl2F2. The van der Waals surface area contributed by atoms with E-state index < -0.39 is 11.2 Å². The molecule has 2 aromatic carbocycles. The molecule has 0 heterocycles. The lowest BCUT2D eigenvalue weighted by Crippen LogP contribution is -1.99. The summed E-state index contributed by atoms with van der Waals surface area (Å²) in [5.41, 5.74) is 1.35. The summed E-state index contributed by atoms with van der Waals surface area (Å²) in [4.78, 5) is 0. The van der Waals surface area contributed by atoms with Gasteiger partial charge in [-0.05, 0) is 52.2 Å². The molecule has 0 N–H and O–H groups in total. The van der Waals surface area contributed by atoms with Gasteiger partial charge in [-0.3, -0.25) is 0 Å². The zero-order chi connectivity index (χ0) is 14.2. The van der Waals surface area contributed by atoms with Gasteiger partial charge >= 0.3 is 0 Å². The molecule has 0 amide bonds. The fraction of sp³-hybridized carbons (Fsp3) is 0.143. The van der Waals surface area contributed by atoms with Gasteiger partial charge < -0.3 is 0 Å². The lowest BCUT2D eigenvalue weighted by Gasteiger charge is -2.13. The van der Waals surface area contributed by atoms with E-state index in [-0.39, 0.29) is 11.4 Å². The molecule has 1 unspecified atom stereocenters. The van der Waals surface area contributed by atoms with Crippen LogP contribution in [-0.2, 0) is 0 Å². The van der Waals surface area contributed by atoms with E-state index >= 15 is 0 Å². The van der Waals surface area contributed by atoms with Crippen molar-refractivity contribution in [3.05, 3.63) is 68.2 Å². The SMILES string of the molecule is Cc1cc(C(Cl)c2cc(Cl)c(Br)cc2F)ccc1F. The first kappa shape index (κ1) is 14.8. The molecule has 19 heavy (non-hydrogen) atoms. The van der Waals surface area contributed by atoms with E-state index in [0.717, 1.165) is 0 Å². The van der Waals surface area contributed by atoms with Gasteiger partial charge in [-0.2, -0.15) is 0 Å². The van der Waals surface area contributed by atoms with Crippen molar-refractivity contribution in [2.45, 2.75) is 12.3 Å². The lowest BCUT2D eigenvalue weighted by molar-refractivity contribution is 0.609. The fourth-order valence-electron chi connectivity index (χ4n) is 1.74. The quantitative estimate of drug-likeness (QED) is 0.451. The molecule has 0 bridgehead atoms. The van der Waals surface area contributed by atoms with Gasteiger partial charge in [-0.25, -0.2) is 8.78 Å². The monoisotopic (exact) mass is 364 g/mol. The van der Waals surface area contributed by atoms with Crippen molar-refractivity contribution in [3.8, 4) is 0 Å². The molecule has 0 aliphatic carbocycles. The van der Waals surface area contributed by atoms with Gasteiger partial charge in [0.05, 0.1) is 10.4 Å². The molecule has 0 aliphatic heterocycles. The average molecular weight is 366 g/mol. The smallest absolute Gasteiger partial charge is 0.129 e. The highest BCUT2D eigenvalue weighted by molar-refractivity contribution is 9.10. The van der Waals surface area contributed by atoms with Gasteiger partial charge in [-0.1, -0.05) is 23.7 Å². The second-order valence-corrected chi connectivity index (χ2v) is 5.86. The van der Waals surface area contributed by atoms with Crippen LogP contribution in [0.25, 0.3) is 0 Å². The highest BCUT2D eigenvalue weighted by Crippen LogP contribution is 2.35. The summed E-state index contributed by atoms with van der Waals surface area (Å²) in [6.07, 6.45) is 0. The first-order valence-corrected chi connectivity index (χ1v) is 7.05. The van der Waals surface area contributed by atoms with Crippen LogP contribution in [-0.4, -0.2) is 0 Å². The van der Waals surface area contributed by atoms with Crippen LogP contribution in [0.15, 0.2) is 34.8 Å². The Labute approximate surface area is 128 Å². The molecule has 0 spiro atoms. The Balaban J connectivity index is 2.46. The van der Waals surface area contributed by atoms with Gasteiger partial charge in [0.2, 0.25) is 0 Å². The molecular weight excluding hydrogens is 357 g/mol. The van der Waals surface area contributed by atoms with Crippen LogP contribution >= 0.6 is 39.1 Å². The van der Waals surface area contributed by atoms with Gasteiger partial charge in [0.1, 0.15) is 11.6 Å². The van der Waals surface area contributed by atoms with Crippen LogP contribution in [0.2, 0.25) is 5.02 Å². The molecule has 0 fully saturated rings.